The number of likely N-dealkylation sites (tertiary alicyclic amines) is 1. The molecule has 1 aromatic heterocycles. The third-order valence-corrected chi connectivity index (χ3v) is 4.75. The Morgan fingerprint density at radius 2 is 2.06 bits per heavy atom. The Morgan fingerprint density at radius 1 is 1.22 bits per heavy atom. The minimum absolute atomic E-state index is 0.518. The zero-order chi connectivity index (χ0) is 12.4. The Balaban J connectivity index is 1.67. The molecule has 0 spiro atoms. The first-order valence-electron chi connectivity index (χ1n) is 7.38. The van der Waals surface area contributed by atoms with Gasteiger partial charge in [-0.05, 0) is 44.2 Å². The largest absolute Gasteiger partial charge is 0.468 e. The van der Waals surface area contributed by atoms with E-state index in [1.165, 1.54) is 50.6 Å². The molecule has 2 N–H and O–H groups in total. The molecule has 3 nitrogen and oxygen atoms in total. The fourth-order valence-corrected chi connectivity index (χ4v) is 3.83. The van der Waals surface area contributed by atoms with Gasteiger partial charge in [-0.3, -0.25) is 4.90 Å². The van der Waals surface area contributed by atoms with E-state index in [1.807, 2.05) is 0 Å². The van der Waals surface area contributed by atoms with E-state index in [4.69, 9.17) is 10.2 Å². The molecule has 1 saturated carbocycles. The zero-order valence-electron chi connectivity index (χ0n) is 11.1. The van der Waals surface area contributed by atoms with E-state index in [9.17, 15) is 0 Å². The van der Waals surface area contributed by atoms with Crippen LogP contribution in [0.25, 0.3) is 0 Å². The molecule has 1 saturated heterocycles. The van der Waals surface area contributed by atoms with Crippen molar-refractivity contribution in [2.45, 2.75) is 57.7 Å². The maximum absolute atomic E-state index is 5.71. The summed E-state index contributed by atoms with van der Waals surface area (Å²) in [7, 11) is 0. The summed E-state index contributed by atoms with van der Waals surface area (Å²) in [5, 5.41) is 0. The van der Waals surface area contributed by atoms with E-state index in [2.05, 4.69) is 11.0 Å². The third kappa shape index (κ3) is 2.34. The van der Waals surface area contributed by atoms with Crippen LogP contribution in [-0.4, -0.2) is 17.5 Å². The van der Waals surface area contributed by atoms with Crippen molar-refractivity contribution in [3.05, 3.63) is 23.7 Å². The van der Waals surface area contributed by atoms with E-state index in [0.717, 1.165) is 24.3 Å². The average Bonchev–Trinajstić information content (AvgIpc) is 3.09. The fourth-order valence-electron chi connectivity index (χ4n) is 3.83. The Morgan fingerprint density at radius 3 is 2.83 bits per heavy atom. The Kier molecular flexibility index (Phi) is 3.71. The highest BCUT2D eigenvalue weighted by Gasteiger charge is 2.33. The summed E-state index contributed by atoms with van der Waals surface area (Å²) in [5.41, 5.74) is 7.01. The summed E-state index contributed by atoms with van der Waals surface area (Å²) < 4.78 is 5.43. The lowest BCUT2D eigenvalue weighted by atomic mass is 9.96. The van der Waals surface area contributed by atoms with Gasteiger partial charge in [0.25, 0.3) is 0 Å². The second kappa shape index (κ2) is 5.45. The SMILES string of the molecule is NCc1occc1CN1CCCC1C1CCCC1. The van der Waals surface area contributed by atoms with Gasteiger partial charge in [-0.1, -0.05) is 12.8 Å². The van der Waals surface area contributed by atoms with Crippen molar-refractivity contribution in [3.63, 3.8) is 0 Å². The molecular formula is C15H24N2O. The first-order chi connectivity index (χ1) is 8.88. The topological polar surface area (TPSA) is 42.4 Å². The summed E-state index contributed by atoms with van der Waals surface area (Å²) >= 11 is 0. The molecule has 2 fully saturated rings. The standard InChI is InChI=1S/C15H24N2O/c16-10-15-13(7-9-18-15)11-17-8-3-6-14(17)12-4-1-2-5-12/h7,9,12,14H,1-6,8,10-11,16H2. The van der Waals surface area contributed by atoms with Gasteiger partial charge in [-0.25, -0.2) is 0 Å². The van der Waals surface area contributed by atoms with Crippen LogP contribution in [0.3, 0.4) is 0 Å². The number of hydrogen-bond acceptors (Lipinski definition) is 3. The van der Waals surface area contributed by atoms with Crippen LogP contribution in [0.4, 0.5) is 0 Å². The van der Waals surface area contributed by atoms with E-state index in [1.54, 1.807) is 6.26 Å². The molecule has 3 rings (SSSR count). The quantitative estimate of drug-likeness (QED) is 0.891. The maximum Gasteiger partial charge on any atom is 0.121 e. The molecule has 0 radical (unpaired) electrons. The first kappa shape index (κ1) is 12.2. The van der Waals surface area contributed by atoms with E-state index >= 15 is 0 Å². The van der Waals surface area contributed by atoms with Crippen molar-refractivity contribution in [2.75, 3.05) is 6.54 Å². The van der Waals surface area contributed by atoms with Gasteiger partial charge in [0.05, 0.1) is 12.8 Å². The molecule has 2 heterocycles. The van der Waals surface area contributed by atoms with Crippen molar-refractivity contribution < 1.29 is 4.42 Å². The Hall–Kier alpha value is -0.800. The van der Waals surface area contributed by atoms with E-state index in [-0.39, 0.29) is 0 Å². The highest BCUT2D eigenvalue weighted by Crippen LogP contribution is 2.36. The summed E-state index contributed by atoms with van der Waals surface area (Å²) in [6.07, 6.45) is 10.3. The average molecular weight is 248 g/mol. The number of hydrogen-bond donors (Lipinski definition) is 1. The second-order valence-corrected chi connectivity index (χ2v) is 5.80. The van der Waals surface area contributed by atoms with Gasteiger partial charge < -0.3 is 10.2 Å². The van der Waals surface area contributed by atoms with Crippen LogP contribution in [-0.2, 0) is 13.1 Å². The highest BCUT2D eigenvalue weighted by molar-refractivity contribution is 5.17. The van der Waals surface area contributed by atoms with Crippen molar-refractivity contribution in [2.24, 2.45) is 11.7 Å². The molecule has 100 valence electrons. The Labute approximate surface area is 109 Å². The van der Waals surface area contributed by atoms with Crippen molar-refractivity contribution in [3.8, 4) is 0 Å². The van der Waals surface area contributed by atoms with Crippen LogP contribution in [0.5, 0.6) is 0 Å². The molecule has 1 aromatic rings. The molecule has 1 aliphatic heterocycles. The molecule has 1 unspecified atom stereocenters. The number of rotatable bonds is 4. The van der Waals surface area contributed by atoms with Gasteiger partial charge in [0.1, 0.15) is 5.76 Å². The summed E-state index contributed by atoms with van der Waals surface area (Å²) in [6.45, 7) is 2.80. The van der Waals surface area contributed by atoms with Gasteiger partial charge in [0, 0.05) is 18.2 Å². The van der Waals surface area contributed by atoms with Gasteiger partial charge in [-0.2, -0.15) is 0 Å². The van der Waals surface area contributed by atoms with E-state index in [0.29, 0.717) is 6.54 Å². The summed E-state index contributed by atoms with van der Waals surface area (Å²) in [5.74, 6) is 1.91. The molecule has 0 aromatic carbocycles. The maximum atomic E-state index is 5.71. The predicted molar refractivity (Wildman–Crippen MR) is 72.0 cm³/mol. The number of nitrogens with two attached hydrogens (primary N) is 1. The smallest absolute Gasteiger partial charge is 0.121 e. The normalized spacial score (nSPS) is 26.2. The minimum Gasteiger partial charge on any atom is -0.468 e. The molecule has 3 heteroatoms. The van der Waals surface area contributed by atoms with Crippen molar-refractivity contribution in [1.29, 1.82) is 0 Å². The Bertz CT molecular complexity index is 382. The minimum atomic E-state index is 0.518. The lowest BCUT2D eigenvalue weighted by Crippen LogP contribution is -2.34. The number of furan rings is 1. The first-order valence-corrected chi connectivity index (χ1v) is 7.38. The molecular weight excluding hydrogens is 224 g/mol. The molecule has 2 aliphatic rings. The van der Waals surface area contributed by atoms with Gasteiger partial charge >= 0.3 is 0 Å². The van der Waals surface area contributed by atoms with Crippen molar-refractivity contribution >= 4 is 0 Å². The number of nitrogens with zero attached hydrogens (tertiary/aromatic N) is 1. The molecule has 1 atom stereocenters. The highest BCUT2D eigenvalue weighted by atomic mass is 16.3. The van der Waals surface area contributed by atoms with Gasteiger partial charge in [-0.15, -0.1) is 0 Å². The zero-order valence-corrected chi connectivity index (χ0v) is 11.1. The molecule has 1 aliphatic carbocycles. The lowest BCUT2D eigenvalue weighted by molar-refractivity contribution is 0.182. The van der Waals surface area contributed by atoms with Gasteiger partial charge in [0.15, 0.2) is 0 Å². The fraction of sp³-hybridized carbons (Fsp3) is 0.733. The van der Waals surface area contributed by atoms with Crippen LogP contribution >= 0.6 is 0 Å². The van der Waals surface area contributed by atoms with Crippen LogP contribution in [0, 0.1) is 5.92 Å². The molecule has 0 bridgehead atoms. The lowest BCUT2D eigenvalue weighted by Gasteiger charge is -2.29. The van der Waals surface area contributed by atoms with Crippen LogP contribution in [0.15, 0.2) is 16.7 Å². The summed E-state index contributed by atoms with van der Waals surface area (Å²) in [6, 6.07) is 2.90. The second-order valence-electron chi connectivity index (χ2n) is 5.80. The third-order valence-electron chi connectivity index (χ3n) is 4.75. The van der Waals surface area contributed by atoms with Crippen molar-refractivity contribution in [1.82, 2.24) is 4.90 Å². The predicted octanol–water partition coefficient (Wildman–Crippen LogP) is 2.89. The van der Waals surface area contributed by atoms with Gasteiger partial charge in [0.2, 0.25) is 0 Å². The van der Waals surface area contributed by atoms with Crippen LogP contribution in [0.1, 0.15) is 49.8 Å². The molecule has 0 amide bonds. The van der Waals surface area contributed by atoms with E-state index < -0.39 is 0 Å². The molecule has 18 heavy (non-hydrogen) atoms. The van der Waals surface area contributed by atoms with Crippen LogP contribution in [0.2, 0.25) is 0 Å². The summed E-state index contributed by atoms with van der Waals surface area (Å²) in [4.78, 5) is 2.67. The monoisotopic (exact) mass is 248 g/mol. The van der Waals surface area contributed by atoms with Crippen LogP contribution < -0.4 is 5.73 Å².